The van der Waals surface area contributed by atoms with Gasteiger partial charge in [-0.2, -0.15) is 15.1 Å². The van der Waals surface area contributed by atoms with E-state index in [1.807, 2.05) is 30.3 Å². The lowest BCUT2D eigenvalue weighted by Crippen LogP contribution is -2.47. The fourth-order valence-corrected chi connectivity index (χ4v) is 3.95. The molecular formula is C24H21F2N5O4. The van der Waals surface area contributed by atoms with E-state index in [0.717, 1.165) is 17.7 Å². The number of aromatic nitrogens is 4. The first kappa shape index (κ1) is 22.7. The van der Waals surface area contributed by atoms with E-state index in [0.29, 0.717) is 18.5 Å². The maximum Gasteiger partial charge on any atom is 0.305 e. The van der Waals surface area contributed by atoms with Gasteiger partial charge in [-0.1, -0.05) is 30.3 Å². The summed E-state index contributed by atoms with van der Waals surface area (Å²) in [7, 11) is 0. The van der Waals surface area contributed by atoms with Gasteiger partial charge in [-0.3, -0.25) is 4.79 Å². The van der Waals surface area contributed by atoms with Crippen LogP contribution in [0, 0.1) is 11.6 Å². The molecule has 35 heavy (non-hydrogen) atoms. The van der Waals surface area contributed by atoms with E-state index < -0.39 is 23.6 Å². The molecule has 0 bridgehead atoms. The van der Waals surface area contributed by atoms with Gasteiger partial charge in [0.05, 0.1) is 31.9 Å². The van der Waals surface area contributed by atoms with Crippen molar-refractivity contribution in [3.8, 4) is 11.6 Å². The molecule has 0 spiro atoms. The second kappa shape index (κ2) is 9.63. The highest BCUT2D eigenvalue weighted by Gasteiger charge is 2.29. The Morgan fingerprint density at radius 2 is 2.00 bits per heavy atom. The van der Waals surface area contributed by atoms with Crippen molar-refractivity contribution in [2.75, 3.05) is 24.7 Å². The Morgan fingerprint density at radius 1 is 1.17 bits per heavy atom. The lowest BCUT2D eigenvalue weighted by atomic mass is 10.1. The summed E-state index contributed by atoms with van der Waals surface area (Å²) in [6.45, 7) is 1.13. The Balaban J connectivity index is 1.61. The topological polar surface area (TPSA) is 103 Å². The Hall–Kier alpha value is -4.12. The van der Waals surface area contributed by atoms with Gasteiger partial charge in [-0.25, -0.2) is 13.5 Å². The van der Waals surface area contributed by atoms with E-state index in [1.54, 1.807) is 4.90 Å². The highest BCUT2D eigenvalue weighted by atomic mass is 19.1. The van der Waals surface area contributed by atoms with Gasteiger partial charge >= 0.3 is 5.97 Å². The van der Waals surface area contributed by atoms with Gasteiger partial charge in [-0.05, 0) is 17.7 Å². The largest absolute Gasteiger partial charge is 0.481 e. The molecule has 0 unspecified atom stereocenters. The van der Waals surface area contributed by atoms with Crippen LogP contribution in [0.15, 0.2) is 54.7 Å². The van der Waals surface area contributed by atoms with Crippen LogP contribution in [-0.4, -0.2) is 56.6 Å². The molecule has 0 saturated carbocycles. The molecule has 4 aromatic rings. The van der Waals surface area contributed by atoms with Crippen LogP contribution in [0.5, 0.6) is 5.88 Å². The van der Waals surface area contributed by atoms with Crippen molar-refractivity contribution in [2.45, 2.75) is 19.1 Å². The third-order valence-electron chi connectivity index (χ3n) is 5.63. The number of nitrogens with zero attached hydrogens (tertiary/aromatic N) is 5. The quantitative estimate of drug-likeness (QED) is 0.429. The number of ether oxygens (including phenoxy) is 2. The van der Waals surface area contributed by atoms with E-state index in [1.165, 1.54) is 16.9 Å². The molecule has 1 atom stereocenters. The summed E-state index contributed by atoms with van der Waals surface area (Å²) in [5, 5.41) is 14.0. The molecular weight excluding hydrogens is 460 g/mol. The van der Waals surface area contributed by atoms with Gasteiger partial charge in [-0.15, -0.1) is 0 Å². The van der Waals surface area contributed by atoms with Gasteiger partial charge in [0.2, 0.25) is 11.8 Å². The SMILES string of the molecule is O=C(O)C[C@@H]1COCCN1c1nc(OCc2ccccc2)c2cnn(-c3ccc(F)cc3F)c2n1. The number of rotatable bonds is 7. The Bertz CT molecular complexity index is 1370. The minimum atomic E-state index is -0.981. The van der Waals surface area contributed by atoms with Gasteiger partial charge in [0.25, 0.3) is 0 Å². The zero-order valence-corrected chi connectivity index (χ0v) is 18.5. The van der Waals surface area contributed by atoms with Crippen LogP contribution in [0.1, 0.15) is 12.0 Å². The highest BCUT2D eigenvalue weighted by molar-refractivity contribution is 5.83. The van der Waals surface area contributed by atoms with Crippen molar-refractivity contribution in [3.63, 3.8) is 0 Å². The van der Waals surface area contributed by atoms with Crippen LogP contribution < -0.4 is 9.64 Å². The smallest absolute Gasteiger partial charge is 0.305 e. The van der Waals surface area contributed by atoms with E-state index in [2.05, 4.69) is 15.1 Å². The van der Waals surface area contributed by atoms with Crippen molar-refractivity contribution in [1.82, 2.24) is 19.7 Å². The van der Waals surface area contributed by atoms with E-state index in [-0.39, 0.29) is 42.8 Å². The van der Waals surface area contributed by atoms with Crippen molar-refractivity contribution < 1.29 is 28.2 Å². The first-order valence-electron chi connectivity index (χ1n) is 10.9. The average Bonchev–Trinajstić information content (AvgIpc) is 3.27. The molecule has 3 heterocycles. The summed E-state index contributed by atoms with van der Waals surface area (Å²) >= 11 is 0. The monoisotopic (exact) mass is 481 g/mol. The molecule has 0 amide bonds. The number of fused-ring (bicyclic) bond motifs is 1. The van der Waals surface area contributed by atoms with E-state index in [9.17, 15) is 18.7 Å². The summed E-state index contributed by atoms with van der Waals surface area (Å²) in [6, 6.07) is 12.1. The zero-order chi connectivity index (χ0) is 24.4. The molecule has 1 N–H and O–H groups in total. The average molecular weight is 481 g/mol. The van der Waals surface area contributed by atoms with Crippen molar-refractivity contribution in [2.24, 2.45) is 0 Å². The number of carboxylic acid groups (broad SMARTS) is 1. The molecule has 11 heteroatoms. The van der Waals surface area contributed by atoms with E-state index in [4.69, 9.17) is 9.47 Å². The van der Waals surface area contributed by atoms with Crippen LogP contribution >= 0.6 is 0 Å². The lowest BCUT2D eigenvalue weighted by molar-refractivity contribution is -0.138. The van der Waals surface area contributed by atoms with Crippen LogP contribution in [0.4, 0.5) is 14.7 Å². The van der Waals surface area contributed by atoms with Crippen LogP contribution in [0.2, 0.25) is 0 Å². The molecule has 0 aliphatic carbocycles. The number of halogens is 2. The summed E-state index contributed by atoms with van der Waals surface area (Å²) in [5.74, 6) is -2.08. The van der Waals surface area contributed by atoms with Crippen molar-refractivity contribution in [3.05, 3.63) is 71.9 Å². The number of benzene rings is 2. The molecule has 1 aliphatic heterocycles. The van der Waals surface area contributed by atoms with E-state index >= 15 is 0 Å². The minimum absolute atomic E-state index is 0.00382. The summed E-state index contributed by atoms with van der Waals surface area (Å²) in [4.78, 5) is 22.3. The summed E-state index contributed by atoms with van der Waals surface area (Å²) in [6.07, 6.45) is 1.28. The van der Waals surface area contributed by atoms with Crippen molar-refractivity contribution >= 4 is 23.0 Å². The Morgan fingerprint density at radius 3 is 2.77 bits per heavy atom. The predicted octanol–water partition coefficient (Wildman–Crippen LogP) is 3.35. The molecule has 180 valence electrons. The second-order valence-electron chi connectivity index (χ2n) is 8.01. The molecule has 1 saturated heterocycles. The fourth-order valence-electron chi connectivity index (χ4n) is 3.95. The number of morpholine rings is 1. The van der Waals surface area contributed by atoms with Crippen LogP contribution in [-0.2, 0) is 16.1 Å². The van der Waals surface area contributed by atoms with Gasteiger partial charge in [0.15, 0.2) is 11.5 Å². The third-order valence-corrected chi connectivity index (χ3v) is 5.63. The molecule has 0 radical (unpaired) electrons. The number of anilines is 1. The minimum Gasteiger partial charge on any atom is -0.481 e. The molecule has 1 aliphatic rings. The Kier molecular flexibility index (Phi) is 6.23. The van der Waals surface area contributed by atoms with Crippen LogP contribution in [0.25, 0.3) is 16.7 Å². The number of hydrogen-bond acceptors (Lipinski definition) is 7. The Labute approximate surface area is 198 Å². The standard InChI is InChI=1S/C24H21F2N5O4/c25-16-6-7-20(19(26)10-16)31-22-18(12-27-31)23(35-13-15-4-2-1-3-5-15)29-24(28-22)30-8-9-34-14-17(30)11-21(32)33/h1-7,10,12,17H,8-9,11,13-14H2,(H,32,33)/t17-/m1/s1. The van der Waals surface area contributed by atoms with Gasteiger partial charge < -0.3 is 19.5 Å². The van der Waals surface area contributed by atoms with Gasteiger partial charge in [0.1, 0.15) is 23.5 Å². The third kappa shape index (κ3) is 4.76. The lowest BCUT2D eigenvalue weighted by Gasteiger charge is -2.34. The molecule has 2 aromatic carbocycles. The summed E-state index contributed by atoms with van der Waals surface area (Å²) in [5.41, 5.74) is 1.15. The predicted molar refractivity (Wildman–Crippen MR) is 122 cm³/mol. The highest BCUT2D eigenvalue weighted by Crippen LogP contribution is 2.30. The normalized spacial score (nSPS) is 15.9. The van der Waals surface area contributed by atoms with Crippen LogP contribution in [0.3, 0.4) is 0 Å². The molecule has 9 nitrogen and oxygen atoms in total. The first-order chi connectivity index (χ1) is 17.0. The maximum atomic E-state index is 14.6. The summed E-state index contributed by atoms with van der Waals surface area (Å²) < 4.78 is 40.8. The number of carboxylic acids is 1. The number of carbonyl (C=O) groups is 1. The molecule has 5 rings (SSSR count). The van der Waals surface area contributed by atoms with Gasteiger partial charge in [0, 0.05) is 12.6 Å². The number of aliphatic carboxylic acids is 1. The molecule has 2 aromatic heterocycles. The van der Waals surface area contributed by atoms with Crippen molar-refractivity contribution in [1.29, 1.82) is 0 Å². The first-order valence-corrected chi connectivity index (χ1v) is 10.9. The zero-order valence-electron chi connectivity index (χ0n) is 18.5. The molecule has 1 fully saturated rings. The fraction of sp³-hybridized carbons (Fsp3) is 0.250. The number of hydrogen-bond donors (Lipinski definition) is 1. The maximum absolute atomic E-state index is 14.6. The second-order valence-corrected chi connectivity index (χ2v) is 8.01.